The number of para-hydroxylation sites is 1. The summed E-state index contributed by atoms with van der Waals surface area (Å²) in [7, 11) is 0. The zero-order chi connectivity index (χ0) is 36.6. The highest BCUT2D eigenvalue weighted by molar-refractivity contribution is 7.00. The van der Waals surface area contributed by atoms with E-state index in [-0.39, 0.29) is 12.1 Å². The van der Waals surface area contributed by atoms with Crippen LogP contribution in [-0.4, -0.2) is 6.71 Å². The van der Waals surface area contributed by atoms with Crippen LogP contribution in [0.25, 0.3) is 22.3 Å². The fourth-order valence-electron chi connectivity index (χ4n) is 10.7. The molecule has 55 heavy (non-hydrogen) atoms. The summed E-state index contributed by atoms with van der Waals surface area (Å²) in [6.07, 6.45) is 0. The maximum absolute atomic E-state index is 2.55. The minimum absolute atomic E-state index is 0.111. The van der Waals surface area contributed by atoms with Crippen LogP contribution < -0.4 is 26.2 Å². The second-order valence-electron chi connectivity index (χ2n) is 15.9. The molecule has 12 rings (SSSR count). The van der Waals surface area contributed by atoms with Crippen LogP contribution in [0.3, 0.4) is 0 Å². The molecule has 8 aromatic carbocycles. The molecule has 0 saturated heterocycles. The van der Waals surface area contributed by atoms with Crippen LogP contribution in [0.2, 0.25) is 0 Å². The lowest BCUT2D eigenvalue weighted by molar-refractivity contribution is 0.794. The van der Waals surface area contributed by atoms with Gasteiger partial charge in [0.05, 0.1) is 5.41 Å². The lowest BCUT2D eigenvalue weighted by atomic mass is 9.33. The first-order chi connectivity index (χ1) is 27.0. The molecule has 0 atom stereocenters. The number of benzene rings is 8. The van der Waals surface area contributed by atoms with Crippen LogP contribution in [0.15, 0.2) is 170 Å². The van der Waals surface area contributed by atoms with E-state index in [2.05, 4.69) is 200 Å². The molecule has 0 radical (unpaired) electrons. The predicted octanol–water partition coefficient (Wildman–Crippen LogP) is 11.0. The van der Waals surface area contributed by atoms with Crippen LogP contribution in [0.5, 0.6) is 0 Å². The second-order valence-corrected chi connectivity index (χ2v) is 15.9. The van der Waals surface area contributed by atoms with E-state index in [1.54, 1.807) is 0 Å². The van der Waals surface area contributed by atoms with E-state index < -0.39 is 0 Å². The van der Waals surface area contributed by atoms with Gasteiger partial charge in [0.25, 0.3) is 6.71 Å². The average Bonchev–Trinajstić information content (AvgIpc) is 3.68. The number of anilines is 6. The third-order valence-corrected chi connectivity index (χ3v) is 12.8. The van der Waals surface area contributed by atoms with Gasteiger partial charge in [-0.2, -0.15) is 0 Å². The van der Waals surface area contributed by atoms with Gasteiger partial charge in [0.15, 0.2) is 0 Å². The molecule has 0 fully saturated rings. The molecule has 0 N–H and O–H groups in total. The van der Waals surface area contributed by atoms with E-state index in [0.717, 1.165) is 0 Å². The molecule has 0 unspecified atom stereocenters. The summed E-state index contributed by atoms with van der Waals surface area (Å²) >= 11 is 0. The SMILES string of the molecule is Cc1ccc(N2c3ccc(C)cc3B3c4ccccc4N(c4ccc5c(c4)-c4ccccc4C54c5ccccc5-c5ccccc54)c4cc(C)cc2c43)cc1. The summed E-state index contributed by atoms with van der Waals surface area (Å²) in [6, 6.07) is 64.5. The van der Waals surface area contributed by atoms with Crippen molar-refractivity contribution in [2.45, 2.75) is 26.2 Å². The van der Waals surface area contributed by atoms with Crippen LogP contribution in [0.4, 0.5) is 34.1 Å². The summed E-state index contributed by atoms with van der Waals surface area (Å²) in [5.41, 5.74) is 25.6. The predicted molar refractivity (Wildman–Crippen MR) is 231 cm³/mol. The molecule has 2 aliphatic carbocycles. The van der Waals surface area contributed by atoms with Crippen molar-refractivity contribution >= 4 is 57.2 Å². The number of nitrogens with zero attached hydrogens (tertiary/aromatic N) is 2. The standard InChI is InChI=1S/C52H37BN2/c1-32-20-23-35(24-21-32)54-48-27-22-33(2)28-46(48)53-45-18-10-11-19-47(45)55(50-30-34(3)29-49(54)51(50)53)36-25-26-44-40(31-36)39-14-6-9-17-43(39)52(44)41-15-7-4-12-37(41)38-13-5-8-16-42(38)52/h4-31H,1-3H3. The van der Waals surface area contributed by atoms with E-state index in [1.807, 2.05) is 0 Å². The first kappa shape index (κ1) is 30.8. The topological polar surface area (TPSA) is 6.48 Å². The second kappa shape index (κ2) is 11.0. The average molecular weight is 701 g/mol. The lowest BCUT2D eigenvalue weighted by Crippen LogP contribution is -2.61. The Hall–Kier alpha value is -6.58. The Balaban J connectivity index is 1.13. The minimum atomic E-state index is -0.360. The summed E-state index contributed by atoms with van der Waals surface area (Å²) in [6.45, 7) is 6.75. The molecular formula is C52H37BN2. The van der Waals surface area contributed by atoms with Gasteiger partial charge in [0.1, 0.15) is 0 Å². The van der Waals surface area contributed by atoms with Gasteiger partial charge in [0.2, 0.25) is 0 Å². The molecular weight excluding hydrogens is 663 g/mol. The van der Waals surface area contributed by atoms with Crippen molar-refractivity contribution < 1.29 is 0 Å². The maximum atomic E-state index is 2.55. The van der Waals surface area contributed by atoms with Gasteiger partial charge in [-0.15, -0.1) is 0 Å². The van der Waals surface area contributed by atoms with Gasteiger partial charge in [0, 0.05) is 34.1 Å². The Morgan fingerprint density at radius 3 is 1.55 bits per heavy atom. The van der Waals surface area contributed by atoms with E-state index in [0.29, 0.717) is 0 Å². The Labute approximate surface area is 323 Å². The largest absolute Gasteiger partial charge is 0.311 e. The lowest BCUT2D eigenvalue weighted by Gasteiger charge is -2.44. The van der Waals surface area contributed by atoms with Crippen LogP contribution in [-0.2, 0) is 5.41 Å². The molecule has 0 bridgehead atoms. The summed E-state index contributed by atoms with van der Waals surface area (Å²) in [5.74, 6) is 0. The smallest absolute Gasteiger partial charge is 0.252 e. The molecule has 0 amide bonds. The Morgan fingerprint density at radius 2 is 0.873 bits per heavy atom. The molecule has 2 nitrogen and oxygen atoms in total. The molecule has 3 heteroatoms. The van der Waals surface area contributed by atoms with E-state index in [9.17, 15) is 0 Å². The maximum Gasteiger partial charge on any atom is 0.252 e. The third kappa shape index (κ3) is 3.95. The zero-order valence-electron chi connectivity index (χ0n) is 31.1. The molecule has 4 aliphatic rings. The first-order valence-corrected chi connectivity index (χ1v) is 19.5. The van der Waals surface area contributed by atoms with E-state index in [4.69, 9.17) is 0 Å². The van der Waals surface area contributed by atoms with Crippen molar-refractivity contribution in [1.82, 2.24) is 0 Å². The normalized spacial score (nSPS) is 14.5. The van der Waals surface area contributed by atoms with Gasteiger partial charge in [-0.1, -0.05) is 132 Å². The van der Waals surface area contributed by atoms with Crippen molar-refractivity contribution in [3.63, 3.8) is 0 Å². The quantitative estimate of drug-likeness (QED) is 0.166. The molecule has 258 valence electrons. The molecule has 0 saturated carbocycles. The Bertz CT molecular complexity index is 2890. The van der Waals surface area contributed by atoms with Crippen molar-refractivity contribution in [1.29, 1.82) is 0 Å². The van der Waals surface area contributed by atoms with Crippen molar-refractivity contribution in [3.8, 4) is 22.3 Å². The highest BCUT2D eigenvalue weighted by Gasteiger charge is 2.52. The van der Waals surface area contributed by atoms with Gasteiger partial charge < -0.3 is 9.80 Å². The number of hydrogen-bond acceptors (Lipinski definition) is 2. The van der Waals surface area contributed by atoms with Crippen molar-refractivity contribution in [2.24, 2.45) is 0 Å². The fourth-order valence-corrected chi connectivity index (χ4v) is 10.7. The molecule has 8 aromatic rings. The van der Waals surface area contributed by atoms with Crippen molar-refractivity contribution in [2.75, 3.05) is 9.80 Å². The van der Waals surface area contributed by atoms with Gasteiger partial charge in [-0.3, -0.25) is 0 Å². The monoisotopic (exact) mass is 700 g/mol. The summed E-state index contributed by atoms with van der Waals surface area (Å²) in [4.78, 5) is 5.05. The molecule has 0 aromatic heterocycles. The van der Waals surface area contributed by atoms with E-state index >= 15 is 0 Å². The number of fused-ring (bicyclic) bond motifs is 14. The fraction of sp³-hybridized carbons (Fsp3) is 0.0769. The minimum Gasteiger partial charge on any atom is -0.311 e. The highest BCUT2D eigenvalue weighted by Crippen LogP contribution is 2.63. The molecule has 2 aliphatic heterocycles. The summed E-state index contributed by atoms with van der Waals surface area (Å²) in [5, 5.41) is 0. The van der Waals surface area contributed by atoms with E-state index in [1.165, 1.54) is 112 Å². The van der Waals surface area contributed by atoms with Crippen LogP contribution in [0.1, 0.15) is 38.9 Å². The zero-order valence-corrected chi connectivity index (χ0v) is 31.1. The van der Waals surface area contributed by atoms with Gasteiger partial charge in [-0.25, -0.2) is 0 Å². The number of aryl methyl sites for hydroxylation is 3. The number of hydrogen-bond donors (Lipinski definition) is 0. The molecule has 1 spiro atoms. The number of rotatable bonds is 2. The van der Waals surface area contributed by atoms with Crippen LogP contribution in [0, 0.1) is 20.8 Å². The Morgan fingerprint density at radius 1 is 0.364 bits per heavy atom. The highest BCUT2D eigenvalue weighted by atomic mass is 15.2. The Kier molecular flexibility index (Phi) is 6.16. The van der Waals surface area contributed by atoms with Crippen molar-refractivity contribution in [3.05, 3.63) is 209 Å². The van der Waals surface area contributed by atoms with Gasteiger partial charge >= 0.3 is 0 Å². The van der Waals surface area contributed by atoms with Gasteiger partial charge in [-0.05, 0) is 136 Å². The first-order valence-electron chi connectivity index (χ1n) is 19.5. The van der Waals surface area contributed by atoms with Crippen LogP contribution >= 0.6 is 0 Å². The summed E-state index contributed by atoms with van der Waals surface area (Å²) < 4.78 is 0. The molecule has 2 heterocycles. The third-order valence-electron chi connectivity index (χ3n) is 12.8.